The summed E-state index contributed by atoms with van der Waals surface area (Å²) in [5.41, 5.74) is 1.14. The molecule has 3 rings (SSSR count). The molecule has 2 aliphatic rings. The summed E-state index contributed by atoms with van der Waals surface area (Å²) in [5.74, 6) is 2.39. The Balaban J connectivity index is 0.00000363. The van der Waals surface area contributed by atoms with Crippen LogP contribution in [0.4, 0.5) is 0 Å². The monoisotopic (exact) mass is 557 g/mol. The number of halogens is 1. The van der Waals surface area contributed by atoms with Gasteiger partial charge >= 0.3 is 0 Å². The van der Waals surface area contributed by atoms with E-state index in [1.54, 1.807) is 7.05 Å². The smallest absolute Gasteiger partial charge is 0.225 e. The number of aliphatic imine (C=N–C) groups is 1. The third kappa shape index (κ3) is 8.10. The van der Waals surface area contributed by atoms with E-state index in [2.05, 4.69) is 45.3 Å². The number of carbonyl (C=O) groups excluding carboxylic acids is 1. The molecule has 1 aliphatic heterocycles. The Hall–Kier alpha value is -1.55. The van der Waals surface area contributed by atoms with Crippen LogP contribution in [0.15, 0.2) is 29.3 Å². The average molecular weight is 558 g/mol. The summed E-state index contributed by atoms with van der Waals surface area (Å²) in [4.78, 5) is 21.4. The van der Waals surface area contributed by atoms with Gasteiger partial charge in [-0.2, -0.15) is 0 Å². The molecule has 2 fully saturated rings. The maximum Gasteiger partial charge on any atom is 0.225 e. The highest BCUT2D eigenvalue weighted by Crippen LogP contribution is 2.26. The van der Waals surface area contributed by atoms with Crippen molar-refractivity contribution in [3.8, 4) is 5.75 Å². The van der Waals surface area contributed by atoms with Gasteiger partial charge in [0.2, 0.25) is 5.91 Å². The summed E-state index contributed by atoms with van der Waals surface area (Å²) >= 11 is 0. The number of hydrogen-bond donors (Lipinski definition) is 2. The molecule has 2 N–H and O–H groups in total. The highest BCUT2D eigenvalue weighted by molar-refractivity contribution is 14.0. The van der Waals surface area contributed by atoms with Crippen molar-refractivity contribution in [2.75, 3.05) is 52.9 Å². The van der Waals surface area contributed by atoms with E-state index >= 15 is 0 Å². The van der Waals surface area contributed by atoms with E-state index in [1.165, 1.54) is 12.8 Å². The molecule has 8 heteroatoms. The molecule has 0 spiro atoms. The van der Waals surface area contributed by atoms with Crippen molar-refractivity contribution in [1.29, 1.82) is 0 Å². The number of nitrogens with one attached hydrogen (secondary N) is 2. The Labute approximate surface area is 210 Å². The lowest BCUT2D eigenvalue weighted by Gasteiger charge is -2.36. The minimum Gasteiger partial charge on any atom is -0.489 e. The molecular formula is C24H40IN5O2. The Bertz CT molecular complexity index is 731. The molecule has 1 amide bonds. The molecule has 1 unspecified atom stereocenters. The first-order valence-corrected chi connectivity index (χ1v) is 11.7. The standard InChI is InChI=1S/C24H39N5O2.HI/c1-19-8-4-7-11-22(19)31-20(2)18-27-24(25-3)26-12-13-28-14-16-29(17-15-28)23(30)21-9-5-6-10-21;/h4,7-8,11,20-21H,5-6,9-10,12-18H2,1-3H3,(H2,25,26,27);1H. The zero-order chi connectivity index (χ0) is 22.1. The molecule has 1 aromatic rings. The number of amides is 1. The fourth-order valence-corrected chi connectivity index (χ4v) is 4.36. The molecule has 1 saturated heterocycles. The zero-order valence-electron chi connectivity index (χ0n) is 19.8. The molecule has 1 atom stereocenters. The number of carbonyl (C=O) groups is 1. The molecule has 7 nitrogen and oxygen atoms in total. The van der Waals surface area contributed by atoms with Crippen LogP contribution in [0.1, 0.15) is 38.2 Å². The lowest BCUT2D eigenvalue weighted by atomic mass is 10.1. The van der Waals surface area contributed by atoms with Crippen molar-refractivity contribution in [2.45, 2.75) is 45.6 Å². The van der Waals surface area contributed by atoms with Crippen LogP contribution in [0.5, 0.6) is 5.75 Å². The number of guanidine groups is 1. The van der Waals surface area contributed by atoms with Gasteiger partial charge in [0.15, 0.2) is 5.96 Å². The van der Waals surface area contributed by atoms with Crippen molar-refractivity contribution < 1.29 is 9.53 Å². The molecule has 0 bridgehead atoms. The van der Waals surface area contributed by atoms with Crippen LogP contribution in [-0.4, -0.2) is 80.6 Å². The van der Waals surface area contributed by atoms with Gasteiger partial charge in [0.25, 0.3) is 0 Å². The first-order valence-electron chi connectivity index (χ1n) is 11.7. The van der Waals surface area contributed by atoms with Crippen LogP contribution in [0.3, 0.4) is 0 Å². The van der Waals surface area contributed by atoms with E-state index in [-0.39, 0.29) is 30.1 Å². The molecule has 1 aromatic carbocycles. The zero-order valence-corrected chi connectivity index (χ0v) is 22.1. The second-order valence-corrected chi connectivity index (χ2v) is 8.72. The number of piperazine rings is 1. The van der Waals surface area contributed by atoms with Crippen LogP contribution >= 0.6 is 24.0 Å². The normalized spacial score (nSPS) is 18.7. The molecule has 1 saturated carbocycles. The Morgan fingerprint density at radius 2 is 1.84 bits per heavy atom. The van der Waals surface area contributed by atoms with E-state index in [0.717, 1.165) is 69.4 Å². The minimum absolute atomic E-state index is 0. The summed E-state index contributed by atoms with van der Waals surface area (Å²) in [6.45, 7) is 10.2. The van der Waals surface area contributed by atoms with Gasteiger partial charge in [-0.05, 0) is 38.3 Å². The van der Waals surface area contributed by atoms with Gasteiger partial charge in [-0.25, -0.2) is 0 Å². The summed E-state index contributed by atoms with van der Waals surface area (Å²) in [5, 5.41) is 6.73. The molecule has 0 aromatic heterocycles. The van der Waals surface area contributed by atoms with Gasteiger partial charge in [0, 0.05) is 52.2 Å². The molecular weight excluding hydrogens is 517 g/mol. The predicted octanol–water partition coefficient (Wildman–Crippen LogP) is 2.88. The molecule has 0 radical (unpaired) electrons. The van der Waals surface area contributed by atoms with E-state index in [1.807, 2.05) is 18.2 Å². The summed E-state index contributed by atoms with van der Waals surface area (Å²) in [7, 11) is 1.79. The largest absolute Gasteiger partial charge is 0.489 e. The lowest BCUT2D eigenvalue weighted by Crippen LogP contribution is -2.52. The SMILES string of the molecule is CN=C(NCCN1CCN(C(=O)C2CCCC2)CC1)NCC(C)Oc1ccccc1C.I. The summed E-state index contributed by atoms with van der Waals surface area (Å²) in [6.07, 6.45) is 4.64. The minimum atomic E-state index is 0. The van der Waals surface area contributed by atoms with Crippen LogP contribution in [-0.2, 0) is 4.79 Å². The fraction of sp³-hybridized carbons (Fsp3) is 0.667. The van der Waals surface area contributed by atoms with Crippen molar-refractivity contribution in [3.63, 3.8) is 0 Å². The van der Waals surface area contributed by atoms with Crippen molar-refractivity contribution in [3.05, 3.63) is 29.8 Å². The van der Waals surface area contributed by atoms with Gasteiger partial charge in [-0.15, -0.1) is 24.0 Å². The summed E-state index contributed by atoms with van der Waals surface area (Å²) in [6, 6.07) is 8.07. The number of benzene rings is 1. The Morgan fingerprint density at radius 1 is 1.16 bits per heavy atom. The highest BCUT2D eigenvalue weighted by Gasteiger charge is 2.29. The van der Waals surface area contributed by atoms with E-state index in [9.17, 15) is 4.79 Å². The molecule has 180 valence electrons. The number of para-hydroxylation sites is 1. The van der Waals surface area contributed by atoms with Gasteiger partial charge in [0.05, 0.1) is 6.54 Å². The number of hydrogen-bond acceptors (Lipinski definition) is 4. The number of rotatable bonds is 8. The first-order chi connectivity index (χ1) is 15.1. The van der Waals surface area contributed by atoms with Crippen LogP contribution in [0.25, 0.3) is 0 Å². The maximum atomic E-state index is 12.6. The Kier molecular flexibility index (Phi) is 11.6. The average Bonchev–Trinajstić information content (AvgIpc) is 3.32. The van der Waals surface area contributed by atoms with E-state index in [0.29, 0.717) is 18.4 Å². The molecule has 32 heavy (non-hydrogen) atoms. The third-order valence-corrected chi connectivity index (χ3v) is 6.31. The topological polar surface area (TPSA) is 69.2 Å². The maximum absolute atomic E-state index is 12.6. The molecule has 1 heterocycles. The van der Waals surface area contributed by atoms with Gasteiger partial charge in [-0.1, -0.05) is 31.0 Å². The van der Waals surface area contributed by atoms with E-state index in [4.69, 9.17) is 4.74 Å². The molecule has 1 aliphatic carbocycles. The lowest BCUT2D eigenvalue weighted by molar-refractivity contribution is -0.137. The Morgan fingerprint density at radius 3 is 2.50 bits per heavy atom. The quantitative estimate of drug-likeness (QED) is 0.293. The van der Waals surface area contributed by atoms with Crippen molar-refractivity contribution in [2.24, 2.45) is 10.9 Å². The summed E-state index contributed by atoms with van der Waals surface area (Å²) < 4.78 is 6.02. The van der Waals surface area contributed by atoms with E-state index < -0.39 is 0 Å². The van der Waals surface area contributed by atoms with Crippen molar-refractivity contribution in [1.82, 2.24) is 20.4 Å². The van der Waals surface area contributed by atoms with Gasteiger partial charge < -0.3 is 20.3 Å². The number of aryl methyl sites for hydroxylation is 1. The van der Waals surface area contributed by atoms with Crippen LogP contribution < -0.4 is 15.4 Å². The van der Waals surface area contributed by atoms with Gasteiger partial charge in [0.1, 0.15) is 11.9 Å². The predicted molar refractivity (Wildman–Crippen MR) is 141 cm³/mol. The third-order valence-electron chi connectivity index (χ3n) is 6.31. The van der Waals surface area contributed by atoms with Crippen molar-refractivity contribution >= 4 is 35.8 Å². The van der Waals surface area contributed by atoms with Crippen LogP contribution in [0, 0.1) is 12.8 Å². The van der Waals surface area contributed by atoms with Gasteiger partial charge in [-0.3, -0.25) is 14.7 Å². The second-order valence-electron chi connectivity index (χ2n) is 8.72. The number of ether oxygens (including phenoxy) is 1. The number of nitrogens with zero attached hydrogens (tertiary/aromatic N) is 3. The highest BCUT2D eigenvalue weighted by atomic mass is 127. The fourth-order valence-electron chi connectivity index (χ4n) is 4.36. The first kappa shape index (κ1) is 26.7. The van der Waals surface area contributed by atoms with Crippen LogP contribution in [0.2, 0.25) is 0 Å². The second kappa shape index (κ2) is 13.9.